The first-order valence-electron chi connectivity index (χ1n) is 4.53. The van der Waals surface area contributed by atoms with Gasteiger partial charge in [0.05, 0.1) is 24.2 Å². The lowest BCUT2D eigenvalue weighted by Gasteiger charge is -2.05. The second kappa shape index (κ2) is 6.55. The van der Waals surface area contributed by atoms with Crippen LogP contribution in [-0.2, 0) is 16.7 Å². The molecule has 0 fully saturated rings. The highest BCUT2D eigenvalue weighted by molar-refractivity contribution is 7.84. The van der Waals surface area contributed by atoms with Gasteiger partial charge in [-0.05, 0) is 0 Å². The largest absolute Gasteiger partial charge is 0.748 e. The van der Waals surface area contributed by atoms with E-state index in [1.165, 1.54) is 10.5 Å². The monoisotopic (exact) mass is 231 g/mol. The summed E-state index contributed by atoms with van der Waals surface area (Å²) in [5.41, 5.74) is 1.41. The molecule has 4 nitrogen and oxygen atoms in total. The van der Waals surface area contributed by atoms with Gasteiger partial charge in [0.15, 0.2) is 0 Å². The van der Waals surface area contributed by atoms with Crippen molar-refractivity contribution in [2.24, 2.45) is 0 Å². The maximum absolute atomic E-state index is 9.08. The first kappa shape index (κ1) is 14.1. The Morgan fingerprint density at radius 1 is 1.20 bits per heavy atom. The van der Waals surface area contributed by atoms with Crippen LogP contribution in [0, 0.1) is 0 Å². The minimum absolute atomic E-state index is 0.604. The summed E-state index contributed by atoms with van der Waals surface area (Å²) in [5.74, 6) is 0. The van der Waals surface area contributed by atoms with Crippen molar-refractivity contribution in [2.75, 3.05) is 20.4 Å². The Hall–Kier alpha value is -0.910. The van der Waals surface area contributed by atoms with Crippen LogP contribution >= 0.6 is 0 Å². The molecule has 0 amide bonds. The van der Waals surface area contributed by atoms with E-state index in [0.29, 0.717) is 6.26 Å². The highest BCUT2D eigenvalue weighted by Crippen LogP contribution is 1.94. The molecule has 0 heterocycles. The molecule has 0 atom stereocenters. The molecule has 15 heavy (non-hydrogen) atoms. The van der Waals surface area contributed by atoms with Crippen LogP contribution in [-0.4, -0.2) is 33.3 Å². The van der Waals surface area contributed by atoms with E-state index in [1.807, 2.05) is 0 Å². The molecule has 1 rings (SSSR count). The van der Waals surface area contributed by atoms with Gasteiger partial charge >= 0.3 is 0 Å². The van der Waals surface area contributed by atoms with Crippen LogP contribution in [0.3, 0.4) is 0 Å². The van der Waals surface area contributed by atoms with Crippen LogP contribution in [0.25, 0.3) is 0 Å². The molecular formula is C10H17NO3S. The van der Waals surface area contributed by atoms with Crippen molar-refractivity contribution >= 4 is 10.1 Å². The van der Waals surface area contributed by atoms with E-state index < -0.39 is 10.1 Å². The van der Waals surface area contributed by atoms with Crippen molar-refractivity contribution in [3.63, 3.8) is 0 Å². The van der Waals surface area contributed by atoms with Gasteiger partial charge < -0.3 is 9.45 Å². The van der Waals surface area contributed by atoms with E-state index in [4.69, 9.17) is 13.0 Å². The summed E-state index contributed by atoms with van der Waals surface area (Å²) in [6, 6.07) is 10.5. The smallest absolute Gasteiger partial charge is 0.102 e. The molecule has 0 saturated carbocycles. The highest BCUT2D eigenvalue weighted by Gasteiger charge is 1.93. The Morgan fingerprint density at radius 2 is 1.60 bits per heavy atom. The first-order chi connectivity index (χ1) is 6.79. The fraction of sp³-hybridized carbons (Fsp3) is 0.400. The van der Waals surface area contributed by atoms with Crippen LogP contribution in [0.1, 0.15) is 5.56 Å². The lowest BCUT2D eigenvalue weighted by molar-refractivity contribution is -0.872. The predicted octanol–water partition coefficient (Wildman–Crippen LogP) is -0.507. The van der Waals surface area contributed by atoms with Crippen LogP contribution in [0.2, 0.25) is 0 Å². The molecular weight excluding hydrogens is 214 g/mol. The molecule has 86 valence electrons. The SMILES string of the molecule is CS(=O)(=O)[O-].C[NH+](C)Cc1ccccc1. The Bertz CT molecular complexity index is 352. The fourth-order valence-electron chi connectivity index (χ4n) is 1.00. The zero-order chi connectivity index (χ0) is 11.9. The normalized spacial score (nSPS) is 10.7. The Morgan fingerprint density at radius 3 is 1.93 bits per heavy atom. The summed E-state index contributed by atoms with van der Waals surface area (Å²) in [6.45, 7) is 1.11. The highest BCUT2D eigenvalue weighted by atomic mass is 32.2. The maximum atomic E-state index is 9.08. The number of rotatable bonds is 2. The summed E-state index contributed by atoms with van der Waals surface area (Å²) < 4.78 is 27.2. The van der Waals surface area contributed by atoms with Crippen molar-refractivity contribution in [3.8, 4) is 0 Å². The molecule has 0 bridgehead atoms. The summed E-state index contributed by atoms with van der Waals surface area (Å²) in [7, 11) is 0.403. The fourth-order valence-corrected chi connectivity index (χ4v) is 1.00. The van der Waals surface area contributed by atoms with Crippen LogP contribution < -0.4 is 4.90 Å². The molecule has 0 spiro atoms. The first-order valence-corrected chi connectivity index (χ1v) is 6.34. The molecule has 1 N–H and O–H groups in total. The molecule has 5 heteroatoms. The molecule has 1 aromatic carbocycles. The van der Waals surface area contributed by atoms with E-state index in [-0.39, 0.29) is 0 Å². The second-order valence-corrected chi connectivity index (χ2v) is 4.98. The lowest BCUT2D eigenvalue weighted by Crippen LogP contribution is -3.04. The summed E-state index contributed by atoms with van der Waals surface area (Å²) in [6.07, 6.45) is 0.604. The number of hydrogen-bond donors (Lipinski definition) is 1. The van der Waals surface area contributed by atoms with Gasteiger partial charge in [-0.2, -0.15) is 0 Å². The lowest BCUT2D eigenvalue weighted by atomic mass is 10.2. The molecule has 0 radical (unpaired) electrons. The standard InChI is InChI=1S/C9H13N.CH4O3S/c1-10(2)8-9-6-4-3-5-7-9;1-5(2,3)4/h3-7H,8H2,1-2H3;1H3,(H,2,3,4). The minimum Gasteiger partial charge on any atom is -0.748 e. The second-order valence-electron chi connectivity index (χ2n) is 3.57. The van der Waals surface area contributed by atoms with E-state index in [2.05, 4.69) is 44.4 Å². The van der Waals surface area contributed by atoms with Gasteiger partial charge in [-0.3, -0.25) is 0 Å². The average Bonchev–Trinajstić information content (AvgIpc) is 2.01. The predicted molar refractivity (Wildman–Crippen MR) is 58.6 cm³/mol. The molecule has 0 aromatic heterocycles. The molecule has 0 aliphatic carbocycles. The number of benzene rings is 1. The van der Waals surface area contributed by atoms with E-state index >= 15 is 0 Å². The Balaban J connectivity index is 0.000000336. The van der Waals surface area contributed by atoms with Gasteiger partial charge in [0.2, 0.25) is 0 Å². The zero-order valence-electron chi connectivity index (χ0n) is 9.23. The molecule has 0 aliphatic rings. The molecule has 0 aliphatic heterocycles. The summed E-state index contributed by atoms with van der Waals surface area (Å²) in [5, 5.41) is 0. The van der Waals surface area contributed by atoms with Gasteiger partial charge in [-0.15, -0.1) is 0 Å². The van der Waals surface area contributed by atoms with Gasteiger partial charge in [-0.25, -0.2) is 8.42 Å². The van der Waals surface area contributed by atoms with Gasteiger partial charge in [0.25, 0.3) is 0 Å². The van der Waals surface area contributed by atoms with E-state index in [0.717, 1.165) is 6.54 Å². The Kier molecular flexibility index (Phi) is 6.15. The zero-order valence-corrected chi connectivity index (χ0v) is 10.0. The van der Waals surface area contributed by atoms with Gasteiger partial charge in [0, 0.05) is 11.8 Å². The average molecular weight is 231 g/mol. The summed E-state index contributed by atoms with van der Waals surface area (Å²) >= 11 is 0. The number of quaternary nitrogens is 1. The van der Waals surface area contributed by atoms with Crippen LogP contribution in [0.5, 0.6) is 0 Å². The minimum atomic E-state index is -3.92. The van der Waals surface area contributed by atoms with Crippen molar-refractivity contribution in [1.29, 1.82) is 0 Å². The van der Waals surface area contributed by atoms with Crippen LogP contribution in [0.4, 0.5) is 0 Å². The summed E-state index contributed by atoms with van der Waals surface area (Å²) in [4.78, 5) is 1.46. The molecule has 0 unspecified atom stereocenters. The topological polar surface area (TPSA) is 61.6 Å². The van der Waals surface area contributed by atoms with E-state index in [1.54, 1.807) is 0 Å². The van der Waals surface area contributed by atoms with Crippen molar-refractivity contribution in [2.45, 2.75) is 6.54 Å². The Labute approximate surface area is 91.3 Å². The van der Waals surface area contributed by atoms with Crippen molar-refractivity contribution in [1.82, 2.24) is 0 Å². The maximum Gasteiger partial charge on any atom is 0.102 e. The van der Waals surface area contributed by atoms with E-state index in [9.17, 15) is 0 Å². The van der Waals surface area contributed by atoms with Crippen molar-refractivity contribution < 1.29 is 17.9 Å². The molecule has 1 aromatic rings. The van der Waals surface area contributed by atoms with Gasteiger partial charge in [0.1, 0.15) is 6.54 Å². The van der Waals surface area contributed by atoms with Crippen LogP contribution in [0.15, 0.2) is 30.3 Å². The number of nitrogens with one attached hydrogen (secondary N) is 1. The molecule has 0 saturated heterocycles. The third-order valence-electron chi connectivity index (χ3n) is 1.40. The van der Waals surface area contributed by atoms with Crippen molar-refractivity contribution in [3.05, 3.63) is 35.9 Å². The third kappa shape index (κ3) is 13.1. The number of hydrogen-bond acceptors (Lipinski definition) is 3. The quantitative estimate of drug-likeness (QED) is 0.698. The third-order valence-corrected chi connectivity index (χ3v) is 1.40. The van der Waals surface area contributed by atoms with Gasteiger partial charge in [-0.1, -0.05) is 30.3 Å².